The number of nitrogens with zero attached hydrogens (tertiary/aromatic N) is 2. The molecule has 0 aliphatic rings. The van der Waals surface area contributed by atoms with Gasteiger partial charge in [0.1, 0.15) is 19.5 Å². The summed E-state index contributed by atoms with van der Waals surface area (Å²) in [4.78, 5) is 0. The summed E-state index contributed by atoms with van der Waals surface area (Å²) in [5.74, 6) is 0. The molecule has 0 rings (SSSR count). The molecule has 0 heterocycles. The first-order valence-electron chi connectivity index (χ1n) is 2.26. The fourth-order valence-corrected chi connectivity index (χ4v) is 0.348. The Hall–Kier alpha value is -0.990. The fraction of sp³-hybridized carbons (Fsp3) is 0.400. The highest BCUT2D eigenvalue weighted by molar-refractivity contribution is 5.15. The molecular formula is C5H10N3+. The smallest absolute Gasteiger partial charge is 0.191 e. The molecule has 0 amide bonds. The molecule has 44 valence electrons. The van der Waals surface area contributed by atoms with Crippen LogP contribution in [-0.2, 0) is 0 Å². The number of rotatable bonds is 2. The lowest BCUT2D eigenvalue weighted by Gasteiger charge is -1.81. The molecule has 0 saturated carbocycles. The quantitative estimate of drug-likeness (QED) is 0.317. The van der Waals surface area contributed by atoms with E-state index in [1.165, 1.54) is 0 Å². The van der Waals surface area contributed by atoms with Crippen molar-refractivity contribution in [2.24, 2.45) is 5.11 Å². The lowest BCUT2D eigenvalue weighted by atomic mass is 10.6. The van der Waals surface area contributed by atoms with Gasteiger partial charge in [0.15, 0.2) is 6.20 Å². The Morgan fingerprint density at radius 3 is 2.50 bits per heavy atom. The molecule has 3 heteroatoms. The Bertz CT molecular complexity index is 135. The third-order valence-electron chi connectivity index (χ3n) is 0.584. The van der Waals surface area contributed by atoms with E-state index in [-0.39, 0.29) is 0 Å². The predicted molar refractivity (Wildman–Crippen MR) is 32.2 cm³/mol. The van der Waals surface area contributed by atoms with Gasteiger partial charge < -0.3 is 0 Å². The Balaban J connectivity index is 3.94. The van der Waals surface area contributed by atoms with Crippen LogP contribution < -0.4 is 0 Å². The van der Waals surface area contributed by atoms with E-state index < -0.39 is 0 Å². The second-order valence-corrected chi connectivity index (χ2v) is 1.64. The zero-order valence-electron chi connectivity index (χ0n) is 5.18. The molecule has 0 spiro atoms. The summed E-state index contributed by atoms with van der Waals surface area (Å²) in [6.07, 6.45) is 1.67. The van der Waals surface area contributed by atoms with Crippen LogP contribution in [0.15, 0.2) is 17.0 Å². The maximum absolute atomic E-state index is 6.50. The first kappa shape index (κ1) is 7.01. The number of hydrogen-bond donors (Lipinski definition) is 1. The normalized spacial score (nSPS) is 11.0. The van der Waals surface area contributed by atoms with Gasteiger partial charge in [-0.15, -0.1) is 0 Å². The van der Waals surface area contributed by atoms with E-state index in [0.29, 0.717) is 5.70 Å². The van der Waals surface area contributed by atoms with Crippen molar-refractivity contribution in [2.45, 2.75) is 6.92 Å². The van der Waals surface area contributed by atoms with Crippen LogP contribution in [0.2, 0.25) is 0 Å². The van der Waals surface area contributed by atoms with Crippen LogP contribution in [0.5, 0.6) is 0 Å². The molecule has 0 aromatic rings. The maximum Gasteiger partial charge on any atom is 0.191 e. The van der Waals surface area contributed by atoms with Crippen molar-refractivity contribution in [3.8, 4) is 0 Å². The van der Waals surface area contributed by atoms with E-state index in [9.17, 15) is 0 Å². The first-order valence-corrected chi connectivity index (χ1v) is 2.26. The van der Waals surface area contributed by atoms with Crippen LogP contribution in [0.3, 0.4) is 0 Å². The monoisotopic (exact) mass is 112 g/mol. The fourth-order valence-electron chi connectivity index (χ4n) is 0.348. The molecule has 0 fully saturated rings. The minimum Gasteiger partial charge on any atom is -0.213 e. The molecule has 0 unspecified atom stereocenters. The number of hydrogen-bond acceptors (Lipinski definition) is 2. The topological polar surface area (TPSA) is 39.2 Å². The highest BCUT2D eigenvalue weighted by Crippen LogP contribution is 1.89. The van der Waals surface area contributed by atoms with Crippen molar-refractivity contribution in [3.05, 3.63) is 11.9 Å². The van der Waals surface area contributed by atoms with E-state index in [2.05, 4.69) is 11.8 Å². The Morgan fingerprint density at radius 2 is 2.38 bits per heavy atom. The van der Waals surface area contributed by atoms with Gasteiger partial charge in [-0.1, -0.05) is 0 Å². The van der Waals surface area contributed by atoms with Crippen LogP contribution in [0.25, 0.3) is 0 Å². The van der Waals surface area contributed by atoms with Crippen molar-refractivity contribution < 1.29 is 4.58 Å². The van der Waals surface area contributed by atoms with Crippen molar-refractivity contribution >= 4 is 6.72 Å². The van der Waals surface area contributed by atoms with Crippen LogP contribution in [0, 0.1) is 5.53 Å². The molecule has 0 radical (unpaired) electrons. The summed E-state index contributed by atoms with van der Waals surface area (Å²) < 4.78 is 1.60. The molecular weight excluding hydrogens is 102 g/mol. The number of nitrogens with one attached hydrogen (secondary N) is 1. The average Bonchev–Trinajstić information content (AvgIpc) is 1.65. The van der Waals surface area contributed by atoms with Gasteiger partial charge >= 0.3 is 0 Å². The molecule has 0 aliphatic carbocycles. The minimum atomic E-state index is 0.655. The van der Waals surface area contributed by atoms with Gasteiger partial charge in [-0.3, -0.25) is 0 Å². The van der Waals surface area contributed by atoms with Gasteiger partial charge in [0.25, 0.3) is 0 Å². The lowest BCUT2D eigenvalue weighted by Crippen LogP contribution is -1.89. The molecule has 0 aromatic carbocycles. The molecule has 1 N–H and O–H groups in total. The van der Waals surface area contributed by atoms with Crippen molar-refractivity contribution in [3.63, 3.8) is 0 Å². The van der Waals surface area contributed by atoms with Crippen LogP contribution in [0.1, 0.15) is 6.92 Å². The van der Waals surface area contributed by atoms with Gasteiger partial charge in [-0.05, 0) is 6.92 Å². The second kappa shape index (κ2) is 3.07. The standard InChI is InChI=1S/C5H10N3/c1-5(7-6)4-8(2)3/h4,6H,2H2,1,3H3/q+1. The van der Waals surface area contributed by atoms with Crippen LogP contribution in [-0.4, -0.2) is 18.3 Å². The molecule has 0 atom stereocenters. The largest absolute Gasteiger partial charge is 0.213 e. The van der Waals surface area contributed by atoms with Crippen molar-refractivity contribution in [1.29, 1.82) is 5.53 Å². The third-order valence-corrected chi connectivity index (χ3v) is 0.584. The summed E-state index contributed by atoms with van der Waals surface area (Å²) in [5.41, 5.74) is 7.16. The van der Waals surface area contributed by atoms with Crippen molar-refractivity contribution in [1.82, 2.24) is 0 Å². The molecule has 0 aromatic heterocycles. The molecule has 3 nitrogen and oxygen atoms in total. The van der Waals surface area contributed by atoms with E-state index in [1.54, 1.807) is 24.7 Å². The summed E-state index contributed by atoms with van der Waals surface area (Å²) in [6, 6.07) is 0. The molecule has 0 aliphatic heterocycles. The minimum absolute atomic E-state index is 0.655. The molecule has 0 bridgehead atoms. The summed E-state index contributed by atoms with van der Waals surface area (Å²) in [6.45, 7) is 5.28. The van der Waals surface area contributed by atoms with Crippen molar-refractivity contribution in [2.75, 3.05) is 7.05 Å². The van der Waals surface area contributed by atoms with Gasteiger partial charge in [0, 0.05) is 0 Å². The zero-order valence-corrected chi connectivity index (χ0v) is 5.18. The number of allylic oxidation sites excluding steroid dienone is 1. The summed E-state index contributed by atoms with van der Waals surface area (Å²) in [7, 11) is 1.79. The summed E-state index contributed by atoms with van der Waals surface area (Å²) in [5, 5.41) is 3.16. The second-order valence-electron chi connectivity index (χ2n) is 1.64. The Labute approximate surface area is 48.9 Å². The van der Waals surface area contributed by atoms with Gasteiger partial charge in [0.05, 0.1) is 0 Å². The molecule has 8 heavy (non-hydrogen) atoms. The van der Waals surface area contributed by atoms with Crippen LogP contribution in [0.4, 0.5) is 0 Å². The zero-order chi connectivity index (χ0) is 6.57. The van der Waals surface area contributed by atoms with E-state index >= 15 is 0 Å². The molecule has 0 saturated heterocycles. The van der Waals surface area contributed by atoms with Gasteiger partial charge in [-0.25, -0.2) is 10.1 Å². The summed E-state index contributed by atoms with van der Waals surface area (Å²) >= 11 is 0. The van der Waals surface area contributed by atoms with Crippen LogP contribution >= 0.6 is 0 Å². The lowest BCUT2D eigenvalue weighted by molar-refractivity contribution is -0.413. The van der Waals surface area contributed by atoms with Gasteiger partial charge in [-0.2, -0.15) is 5.11 Å². The third kappa shape index (κ3) is 3.21. The maximum atomic E-state index is 6.50. The first-order chi connectivity index (χ1) is 3.66. The SMILES string of the molecule is C=[N+](C)C=C(C)N=N. The van der Waals surface area contributed by atoms with E-state index in [4.69, 9.17) is 5.53 Å². The average molecular weight is 112 g/mol. The van der Waals surface area contributed by atoms with E-state index in [0.717, 1.165) is 0 Å². The highest BCUT2D eigenvalue weighted by Gasteiger charge is 1.85. The van der Waals surface area contributed by atoms with E-state index in [1.807, 2.05) is 0 Å². The Morgan fingerprint density at radius 1 is 1.88 bits per heavy atom. The Kier molecular flexibility index (Phi) is 2.69. The van der Waals surface area contributed by atoms with Gasteiger partial charge in [0.2, 0.25) is 0 Å². The highest BCUT2D eigenvalue weighted by atomic mass is 15.0. The predicted octanol–water partition coefficient (Wildman–Crippen LogP) is 1.22.